The second-order valence-electron chi connectivity index (χ2n) is 3.79. The van der Waals surface area contributed by atoms with E-state index in [1.165, 1.54) is 12.1 Å². The van der Waals surface area contributed by atoms with Gasteiger partial charge >= 0.3 is 5.97 Å². The van der Waals surface area contributed by atoms with Crippen LogP contribution in [0.3, 0.4) is 0 Å². The highest BCUT2D eigenvalue weighted by Crippen LogP contribution is 2.22. The molecule has 1 aromatic carbocycles. The Kier molecular flexibility index (Phi) is 4.74. The van der Waals surface area contributed by atoms with E-state index in [4.69, 9.17) is 5.11 Å². The molecule has 0 saturated carbocycles. The van der Waals surface area contributed by atoms with Crippen LogP contribution in [0, 0.1) is 0 Å². The summed E-state index contributed by atoms with van der Waals surface area (Å²) in [6.07, 6.45) is 0. The van der Waals surface area contributed by atoms with Crippen molar-refractivity contribution in [2.45, 2.75) is 6.04 Å². The van der Waals surface area contributed by atoms with Crippen LogP contribution in [0.5, 0.6) is 5.75 Å². The van der Waals surface area contributed by atoms with Crippen molar-refractivity contribution in [1.82, 2.24) is 10.6 Å². The first-order valence-electron chi connectivity index (χ1n) is 5.19. The summed E-state index contributed by atoms with van der Waals surface area (Å²) in [4.78, 5) is 10.9. The van der Waals surface area contributed by atoms with E-state index < -0.39 is 5.97 Å². The molecule has 0 aromatic heterocycles. The van der Waals surface area contributed by atoms with Crippen molar-refractivity contribution in [3.8, 4) is 5.75 Å². The molecule has 2 rings (SSSR count). The summed E-state index contributed by atoms with van der Waals surface area (Å²) in [6.45, 7) is 2.54. The molecule has 1 aliphatic rings. The quantitative estimate of drug-likeness (QED) is 0.629. The van der Waals surface area contributed by atoms with Crippen molar-refractivity contribution >= 4 is 18.4 Å². The van der Waals surface area contributed by atoms with Gasteiger partial charge in [-0.2, -0.15) is 0 Å². The lowest BCUT2D eigenvalue weighted by Gasteiger charge is -2.25. The number of aromatic hydroxyl groups is 1. The fraction of sp³-hybridized carbons (Fsp3) is 0.364. The fourth-order valence-corrected chi connectivity index (χ4v) is 1.83. The number of benzene rings is 1. The first-order valence-corrected chi connectivity index (χ1v) is 5.19. The third-order valence-corrected chi connectivity index (χ3v) is 2.69. The van der Waals surface area contributed by atoms with Gasteiger partial charge in [0, 0.05) is 25.7 Å². The van der Waals surface area contributed by atoms with Gasteiger partial charge in [-0.3, -0.25) is 0 Å². The summed E-state index contributed by atoms with van der Waals surface area (Å²) in [5.74, 6) is -1.30. The van der Waals surface area contributed by atoms with E-state index in [0.717, 1.165) is 25.2 Å². The normalized spacial score (nSPS) is 19.4. The number of piperazine rings is 1. The number of hydrogen-bond acceptors (Lipinski definition) is 4. The van der Waals surface area contributed by atoms with Crippen LogP contribution in [-0.4, -0.2) is 35.8 Å². The summed E-state index contributed by atoms with van der Waals surface area (Å²) in [7, 11) is 0. The molecule has 0 amide bonds. The molecule has 6 heteroatoms. The summed E-state index contributed by atoms with van der Waals surface area (Å²) >= 11 is 0. The fourth-order valence-electron chi connectivity index (χ4n) is 1.83. The highest BCUT2D eigenvalue weighted by atomic mass is 35.5. The molecule has 0 spiro atoms. The predicted octanol–water partition coefficient (Wildman–Crippen LogP) is 0.746. The van der Waals surface area contributed by atoms with E-state index in [2.05, 4.69) is 10.6 Å². The maximum Gasteiger partial charge on any atom is 0.339 e. The zero-order valence-corrected chi connectivity index (χ0v) is 9.96. The SMILES string of the molecule is Cl.O=C(O)c1cc([C@@H]2CNCCN2)ccc1O. The molecular formula is C11H15ClN2O3. The minimum Gasteiger partial charge on any atom is -0.507 e. The molecule has 1 aliphatic heterocycles. The van der Waals surface area contributed by atoms with E-state index in [1.54, 1.807) is 6.07 Å². The molecule has 1 fully saturated rings. The third kappa shape index (κ3) is 3.09. The van der Waals surface area contributed by atoms with Crippen LogP contribution in [0.2, 0.25) is 0 Å². The molecule has 4 N–H and O–H groups in total. The van der Waals surface area contributed by atoms with Crippen LogP contribution in [0.25, 0.3) is 0 Å². The van der Waals surface area contributed by atoms with Crippen LogP contribution >= 0.6 is 12.4 Å². The maximum atomic E-state index is 10.9. The monoisotopic (exact) mass is 258 g/mol. The van der Waals surface area contributed by atoms with Crippen molar-refractivity contribution < 1.29 is 15.0 Å². The second kappa shape index (κ2) is 5.86. The Balaban J connectivity index is 0.00000144. The topological polar surface area (TPSA) is 81.6 Å². The smallest absolute Gasteiger partial charge is 0.339 e. The van der Waals surface area contributed by atoms with Gasteiger partial charge in [-0.25, -0.2) is 4.79 Å². The van der Waals surface area contributed by atoms with Gasteiger partial charge in [-0.15, -0.1) is 12.4 Å². The van der Waals surface area contributed by atoms with Crippen molar-refractivity contribution in [3.05, 3.63) is 29.3 Å². The highest BCUT2D eigenvalue weighted by molar-refractivity contribution is 5.90. The number of hydrogen-bond donors (Lipinski definition) is 4. The van der Waals surface area contributed by atoms with Gasteiger partial charge in [-0.1, -0.05) is 6.07 Å². The molecule has 1 atom stereocenters. The summed E-state index contributed by atoms with van der Waals surface area (Å²) in [5.41, 5.74) is 0.826. The number of halogens is 1. The number of nitrogens with one attached hydrogen (secondary N) is 2. The van der Waals surface area contributed by atoms with E-state index in [1.807, 2.05) is 0 Å². The van der Waals surface area contributed by atoms with Crippen LogP contribution in [0.15, 0.2) is 18.2 Å². The molecule has 1 heterocycles. The van der Waals surface area contributed by atoms with E-state index in [0.29, 0.717) is 0 Å². The zero-order chi connectivity index (χ0) is 11.5. The zero-order valence-electron chi connectivity index (χ0n) is 9.14. The largest absolute Gasteiger partial charge is 0.507 e. The second-order valence-corrected chi connectivity index (χ2v) is 3.79. The van der Waals surface area contributed by atoms with Gasteiger partial charge in [0.2, 0.25) is 0 Å². The first-order chi connectivity index (χ1) is 7.68. The van der Waals surface area contributed by atoms with Crippen LogP contribution < -0.4 is 10.6 Å². The molecule has 1 saturated heterocycles. The van der Waals surface area contributed by atoms with Gasteiger partial charge in [-0.05, 0) is 17.7 Å². The van der Waals surface area contributed by atoms with Gasteiger partial charge in [0.1, 0.15) is 11.3 Å². The lowest BCUT2D eigenvalue weighted by atomic mass is 10.0. The minimum absolute atomic E-state index is 0. The average molecular weight is 259 g/mol. The molecule has 0 aliphatic carbocycles. The number of carbonyl (C=O) groups is 1. The first kappa shape index (κ1) is 13.8. The molecule has 17 heavy (non-hydrogen) atoms. The summed E-state index contributed by atoms with van der Waals surface area (Å²) in [5, 5.41) is 24.8. The van der Waals surface area contributed by atoms with Crippen molar-refractivity contribution in [1.29, 1.82) is 0 Å². The molecule has 0 radical (unpaired) electrons. The molecule has 1 aromatic rings. The van der Waals surface area contributed by atoms with Gasteiger partial charge < -0.3 is 20.8 Å². The number of rotatable bonds is 2. The van der Waals surface area contributed by atoms with E-state index in [9.17, 15) is 9.90 Å². The van der Waals surface area contributed by atoms with E-state index >= 15 is 0 Å². The number of aromatic carboxylic acids is 1. The Labute approximate surface area is 105 Å². The van der Waals surface area contributed by atoms with Crippen LogP contribution in [-0.2, 0) is 0 Å². The lowest BCUT2D eigenvalue weighted by molar-refractivity contribution is 0.0693. The van der Waals surface area contributed by atoms with E-state index in [-0.39, 0.29) is 29.8 Å². The molecule has 0 unspecified atom stereocenters. The molecule has 0 bridgehead atoms. The predicted molar refractivity (Wildman–Crippen MR) is 65.9 cm³/mol. The Morgan fingerprint density at radius 1 is 1.35 bits per heavy atom. The van der Waals surface area contributed by atoms with Gasteiger partial charge in [0.25, 0.3) is 0 Å². The minimum atomic E-state index is -1.11. The Morgan fingerprint density at radius 3 is 2.71 bits per heavy atom. The summed E-state index contributed by atoms with van der Waals surface area (Å²) in [6, 6.07) is 4.79. The lowest BCUT2D eigenvalue weighted by Crippen LogP contribution is -2.42. The maximum absolute atomic E-state index is 10.9. The Hall–Kier alpha value is -1.30. The number of carboxylic acids is 1. The average Bonchev–Trinajstić information content (AvgIpc) is 2.30. The summed E-state index contributed by atoms with van der Waals surface area (Å²) < 4.78 is 0. The van der Waals surface area contributed by atoms with Crippen LogP contribution in [0.4, 0.5) is 0 Å². The Bertz CT molecular complexity index is 406. The van der Waals surface area contributed by atoms with Crippen LogP contribution in [0.1, 0.15) is 22.0 Å². The molecular weight excluding hydrogens is 244 g/mol. The molecule has 94 valence electrons. The highest BCUT2D eigenvalue weighted by Gasteiger charge is 2.17. The third-order valence-electron chi connectivity index (χ3n) is 2.69. The van der Waals surface area contributed by atoms with Crippen molar-refractivity contribution in [2.24, 2.45) is 0 Å². The number of phenols is 1. The number of carboxylic acid groups (broad SMARTS) is 1. The standard InChI is InChI=1S/C11H14N2O3.ClH/c14-10-2-1-7(5-8(10)11(15)16)9-6-12-3-4-13-9;/h1-2,5,9,12-14H,3-4,6H2,(H,15,16);1H/t9-;/m0./s1. The van der Waals surface area contributed by atoms with Gasteiger partial charge in [0.15, 0.2) is 0 Å². The van der Waals surface area contributed by atoms with Crippen molar-refractivity contribution in [2.75, 3.05) is 19.6 Å². The van der Waals surface area contributed by atoms with Crippen molar-refractivity contribution in [3.63, 3.8) is 0 Å². The van der Waals surface area contributed by atoms with Gasteiger partial charge in [0.05, 0.1) is 0 Å². The Morgan fingerprint density at radius 2 is 2.12 bits per heavy atom. The molecule has 5 nitrogen and oxygen atoms in total.